The monoisotopic (exact) mass is 220 g/mol. The van der Waals surface area contributed by atoms with Crippen molar-refractivity contribution in [3.05, 3.63) is 0 Å². The van der Waals surface area contributed by atoms with Crippen LogP contribution in [-0.2, 0) is 4.79 Å². The zero-order chi connectivity index (χ0) is 11.6. The molecule has 0 radical (unpaired) electrons. The van der Waals surface area contributed by atoms with E-state index in [0.717, 1.165) is 4.90 Å². The smallest absolute Gasteiger partial charge is 0.304 e. The van der Waals surface area contributed by atoms with Crippen LogP contribution >= 0.6 is 0 Å². The van der Waals surface area contributed by atoms with Gasteiger partial charge >= 0.3 is 12.2 Å². The van der Waals surface area contributed by atoms with Gasteiger partial charge in [0.1, 0.15) is 13.1 Å². The van der Waals surface area contributed by atoms with Gasteiger partial charge in [-0.3, -0.25) is 9.69 Å². The van der Waals surface area contributed by atoms with Crippen LogP contribution in [0.25, 0.3) is 0 Å². The molecule has 0 aromatic carbocycles. The summed E-state index contributed by atoms with van der Waals surface area (Å²) in [5.41, 5.74) is 0. The van der Waals surface area contributed by atoms with Gasteiger partial charge in [-0.05, 0) is 0 Å². The van der Waals surface area contributed by atoms with E-state index in [4.69, 9.17) is 6.42 Å². The number of carbonyl (C=O) groups is 2. The zero-order valence-corrected chi connectivity index (χ0v) is 7.54. The van der Waals surface area contributed by atoms with Crippen LogP contribution in [-0.4, -0.2) is 47.5 Å². The predicted molar refractivity (Wildman–Crippen MR) is 43.6 cm³/mol. The lowest BCUT2D eigenvalue weighted by atomic mass is 10.5. The molecule has 0 saturated carbocycles. The molecule has 0 N–H and O–H groups in total. The first kappa shape index (κ1) is 11.4. The summed E-state index contributed by atoms with van der Waals surface area (Å²) < 4.78 is 35.9. The molecule has 0 bridgehead atoms. The van der Waals surface area contributed by atoms with Crippen LogP contribution < -0.4 is 0 Å². The highest BCUT2D eigenvalue weighted by Crippen LogP contribution is 2.20. The van der Waals surface area contributed by atoms with Gasteiger partial charge in [-0.25, -0.2) is 4.79 Å². The second-order valence-corrected chi connectivity index (χ2v) is 2.94. The Bertz CT molecular complexity index is 332. The summed E-state index contributed by atoms with van der Waals surface area (Å²) >= 11 is 0. The van der Waals surface area contributed by atoms with Crippen LogP contribution in [0, 0.1) is 12.3 Å². The van der Waals surface area contributed by atoms with Crippen LogP contribution in [0.3, 0.4) is 0 Å². The molecule has 0 spiro atoms. The number of amides is 3. The Morgan fingerprint density at radius 3 is 2.47 bits per heavy atom. The van der Waals surface area contributed by atoms with Gasteiger partial charge in [-0.1, -0.05) is 5.92 Å². The van der Waals surface area contributed by atoms with Crippen molar-refractivity contribution in [3.63, 3.8) is 0 Å². The molecule has 1 aliphatic rings. The molecule has 0 atom stereocenters. The van der Waals surface area contributed by atoms with Crippen molar-refractivity contribution in [3.8, 4) is 12.3 Å². The van der Waals surface area contributed by atoms with E-state index in [1.807, 2.05) is 0 Å². The van der Waals surface area contributed by atoms with Gasteiger partial charge in [-0.2, -0.15) is 13.2 Å². The Balaban J connectivity index is 2.72. The second-order valence-electron chi connectivity index (χ2n) is 2.94. The number of urea groups is 1. The van der Waals surface area contributed by atoms with E-state index in [1.165, 1.54) is 0 Å². The Morgan fingerprint density at radius 1 is 1.40 bits per heavy atom. The quantitative estimate of drug-likeness (QED) is 0.500. The number of terminal acetylenes is 1. The average Bonchev–Trinajstić information content (AvgIpc) is 2.32. The first-order chi connectivity index (χ1) is 6.85. The van der Waals surface area contributed by atoms with Gasteiger partial charge < -0.3 is 4.90 Å². The Labute approximate surface area is 83.6 Å². The van der Waals surface area contributed by atoms with Crippen LogP contribution in [0.15, 0.2) is 0 Å². The molecule has 15 heavy (non-hydrogen) atoms. The molecule has 0 aliphatic carbocycles. The van der Waals surface area contributed by atoms with Crippen molar-refractivity contribution in [2.24, 2.45) is 0 Å². The lowest BCUT2D eigenvalue weighted by molar-refractivity contribution is -0.151. The highest BCUT2D eigenvalue weighted by Gasteiger charge is 2.42. The molecule has 3 amide bonds. The molecule has 0 unspecified atom stereocenters. The summed E-state index contributed by atoms with van der Waals surface area (Å²) in [6, 6.07) is -0.990. The molecule has 82 valence electrons. The van der Waals surface area contributed by atoms with Crippen molar-refractivity contribution < 1.29 is 22.8 Å². The first-order valence-corrected chi connectivity index (χ1v) is 3.94. The van der Waals surface area contributed by atoms with E-state index in [9.17, 15) is 22.8 Å². The topological polar surface area (TPSA) is 40.6 Å². The van der Waals surface area contributed by atoms with Crippen LogP contribution in [0.4, 0.5) is 18.0 Å². The largest absolute Gasteiger partial charge is 0.406 e. The second kappa shape index (κ2) is 3.81. The Morgan fingerprint density at radius 2 is 2.00 bits per heavy atom. The molecular formula is C8H7F3N2O2. The van der Waals surface area contributed by atoms with E-state index >= 15 is 0 Å². The number of imide groups is 1. The molecule has 1 rings (SSSR count). The molecule has 1 saturated heterocycles. The van der Waals surface area contributed by atoms with E-state index in [1.54, 1.807) is 0 Å². The van der Waals surface area contributed by atoms with Gasteiger partial charge in [0, 0.05) is 0 Å². The van der Waals surface area contributed by atoms with E-state index in [0.29, 0.717) is 0 Å². The molecular weight excluding hydrogens is 213 g/mol. The Kier molecular flexibility index (Phi) is 2.88. The number of nitrogens with zero attached hydrogens (tertiary/aromatic N) is 2. The minimum atomic E-state index is -4.59. The van der Waals surface area contributed by atoms with Crippen molar-refractivity contribution in [2.45, 2.75) is 6.18 Å². The zero-order valence-electron chi connectivity index (χ0n) is 7.54. The maximum atomic E-state index is 12.0. The minimum Gasteiger partial charge on any atom is -0.304 e. The number of hydrogen-bond acceptors (Lipinski definition) is 2. The highest BCUT2D eigenvalue weighted by atomic mass is 19.4. The molecule has 0 aromatic rings. The summed E-state index contributed by atoms with van der Waals surface area (Å²) in [7, 11) is 0. The van der Waals surface area contributed by atoms with E-state index in [-0.39, 0.29) is 18.0 Å². The molecule has 4 nitrogen and oxygen atoms in total. The summed E-state index contributed by atoms with van der Waals surface area (Å²) in [5.74, 6) is 1.21. The maximum absolute atomic E-state index is 12.0. The lowest BCUT2D eigenvalue weighted by Gasteiger charge is -2.16. The Hall–Kier alpha value is -1.71. The molecule has 1 fully saturated rings. The van der Waals surface area contributed by atoms with Gasteiger partial charge in [0.05, 0.1) is 6.54 Å². The minimum absolute atomic E-state index is 0.150. The highest BCUT2D eigenvalue weighted by molar-refractivity contribution is 6.02. The number of carbonyl (C=O) groups excluding carboxylic acids is 2. The van der Waals surface area contributed by atoms with Crippen molar-refractivity contribution >= 4 is 11.9 Å². The fourth-order valence-corrected chi connectivity index (χ4v) is 1.16. The van der Waals surface area contributed by atoms with Crippen LogP contribution in [0.5, 0.6) is 0 Å². The van der Waals surface area contributed by atoms with Gasteiger partial charge in [0.15, 0.2) is 0 Å². The number of hydrogen-bond donors (Lipinski definition) is 0. The third-order valence-corrected chi connectivity index (χ3v) is 1.75. The standard InChI is InChI=1S/C8H7F3N2O2/c1-2-3-12-4-6(14)13(7(12)15)5-8(9,10)11/h1H,3-5H2. The fraction of sp³-hybridized carbons (Fsp3) is 0.500. The SMILES string of the molecule is C#CCN1CC(=O)N(CC(F)(F)F)C1=O. The third kappa shape index (κ3) is 2.62. The summed E-state index contributed by atoms with van der Waals surface area (Å²) in [5, 5.41) is 0. The normalized spacial score (nSPS) is 17.2. The number of rotatable bonds is 2. The summed E-state index contributed by atoms with van der Waals surface area (Å²) in [4.78, 5) is 23.3. The maximum Gasteiger partial charge on any atom is 0.406 e. The molecule has 7 heteroatoms. The first-order valence-electron chi connectivity index (χ1n) is 3.94. The molecule has 1 heterocycles. The van der Waals surface area contributed by atoms with Gasteiger partial charge in [-0.15, -0.1) is 6.42 Å². The van der Waals surface area contributed by atoms with Crippen LogP contribution in [0.2, 0.25) is 0 Å². The average molecular weight is 220 g/mol. The molecule has 0 aromatic heterocycles. The lowest BCUT2D eigenvalue weighted by Crippen LogP contribution is -2.39. The summed E-state index contributed by atoms with van der Waals surface area (Å²) in [6.45, 7) is -2.12. The van der Waals surface area contributed by atoms with Crippen molar-refractivity contribution in [2.75, 3.05) is 19.6 Å². The predicted octanol–water partition coefficient (Wildman–Crippen LogP) is 0.446. The van der Waals surface area contributed by atoms with Crippen LogP contribution in [0.1, 0.15) is 0 Å². The van der Waals surface area contributed by atoms with Gasteiger partial charge in [0.25, 0.3) is 5.91 Å². The number of alkyl halides is 3. The molecule has 1 aliphatic heterocycles. The summed E-state index contributed by atoms with van der Waals surface area (Å²) in [6.07, 6.45) is 0.307. The van der Waals surface area contributed by atoms with Crippen molar-refractivity contribution in [1.82, 2.24) is 9.80 Å². The van der Waals surface area contributed by atoms with E-state index in [2.05, 4.69) is 5.92 Å². The fourth-order valence-electron chi connectivity index (χ4n) is 1.16. The van der Waals surface area contributed by atoms with Crippen molar-refractivity contribution in [1.29, 1.82) is 0 Å². The third-order valence-electron chi connectivity index (χ3n) is 1.75. The number of halogens is 3. The van der Waals surface area contributed by atoms with E-state index < -0.39 is 24.7 Å². The van der Waals surface area contributed by atoms with Gasteiger partial charge in [0.2, 0.25) is 0 Å².